The summed E-state index contributed by atoms with van der Waals surface area (Å²) in [5.74, 6) is -0.349. The van der Waals surface area contributed by atoms with Crippen molar-refractivity contribution in [2.24, 2.45) is 0 Å². The van der Waals surface area contributed by atoms with Crippen molar-refractivity contribution in [2.45, 2.75) is 19.8 Å². The number of carbonyl (C=O) groups excluding carboxylic acids is 2. The SMILES string of the molecule is CCC(=O)c1ccc(Cl)c(CC=O)c1O. The zero-order valence-electron chi connectivity index (χ0n) is 8.29. The van der Waals surface area contributed by atoms with Crippen LogP contribution in [0.4, 0.5) is 0 Å². The lowest BCUT2D eigenvalue weighted by Gasteiger charge is -2.08. The summed E-state index contributed by atoms with van der Waals surface area (Å²) in [6.45, 7) is 1.70. The molecule has 4 heteroatoms. The summed E-state index contributed by atoms with van der Waals surface area (Å²) in [4.78, 5) is 21.8. The van der Waals surface area contributed by atoms with Crippen molar-refractivity contribution >= 4 is 23.7 Å². The highest BCUT2D eigenvalue weighted by atomic mass is 35.5. The molecule has 0 atom stereocenters. The molecule has 0 radical (unpaired) electrons. The highest BCUT2D eigenvalue weighted by Crippen LogP contribution is 2.30. The molecule has 1 N–H and O–H groups in total. The first-order chi connectivity index (χ1) is 7.11. The maximum atomic E-state index is 11.4. The average molecular weight is 227 g/mol. The summed E-state index contributed by atoms with van der Waals surface area (Å²) in [6.07, 6.45) is 0.951. The fraction of sp³-hybridized carbons (Fsp3) is 0.273. The second-order valence-electron chi connectivity index (χ2n) is 3.07. The van der Waals surface area contributed by atoms with Gasteiger partial charge in [0.15, 0.2) is 5.78 Å². The lowest BCUT2D eigenvalue weighted by atomic mass is 10.0. The second-order valence-corrected chi connectivity index (χ2v) is 3.48. The number of aromatic hydroxyl groups is 1. The molecule has 0 heterocycles. The molecule has 1 aromatic carbocycles. The molecule has 0 aliphatic rings. The molecule has 0 aliphatic carbocycles. The van der Waals surface area contributed by atoms with Crippen LogP contribution in [0.3, 0.4) is 0 Å². The van der Waals surface area contributed by atoms with Crippen LogP contribution in [-0.2, 0) is 11.2 Å². The first kappa shape index (κ1) is 11.7. The molecule has 0 saturated carbocycles. The van der Waals surface area contributed by atoms with Gasteiger partial charge in [-0.1, -0.05) is 18.5 Å². The summed E-state index contributed by atoms with van der Waals surface area (Å²) >= 11 is 5.80. The molecular weight excluding hydrogens is 216 g/mol. The molecule has 0 saturated heterocycles. The van der Waals surface area contributed by atoms with Crippen LogP contribution >= 0.6 is 11.6 Å². The van der Waals surface area contributed by atoms with Gasteiger partial charge in [-0.2, -0.15) is 0 Å². The van der Waals surface area contributed by atoms with Gasteiger partial charge in [-0.3, -0.25) is 4.79 Å². The number of phenolic OH excluding ortho intramolecular Hbond substituents is 1. The summed E-state index contributed by atoms with van der Waals surface area (Å²) in [6, 6.07) is 2.99. The van der Waals surface area contributed by atoms with Gasteiger partial charge in [-0.05, 0) is 12.1 Å². The maximum absolute atomic E-state index is 11.4. The minimum atomic E-state index is -0.179. The van der Waals surface area contributed by atoms with Gasteiger partial charge in [-0.15, -0.1) is 0 Å². The van der Waals surface area contributed by atoms with Gasteiger partial charge in [0.25, 0.3) is 0 Å². The summed E-state index contributed by atoms with van der Waals surface area (Å²) in [5.41, 5.74) is 0.532. The van der Waals surface area contributed by atoms with Crippen LogP contribution in [0.5, 0.6) is 5.75 Å². The van der Waals surface area contributed by atoms with E-state index in [-0.39, 0.29) is 23.5 Å². The number of halogens is 1. The van der Waals surface area contributed by atoms with Gasteiger partial charge in [0.1, 0.15) is 12.0 Å². The quantitative estimate of drug-likeness (QED) is 0.634. The molecule has 0 bridgehead atoms. The highest BCUT2D eigenvalue weighted by Gasteiger charge is 2.15. The molecule has 0 amide bonds. The van der Waals surface area contributed by atoms with Crippen molar-refractivity contribution in [1.82, 2.24) is 0 Å². The number of benzene rings is 1. The Morgan fingerprint density at radius 2 is 2.20 bits per heavy atom. The summed E-state index contributed by atoms with van der Waals surface area (Å²) in [7, 11) is 0. The number of phenols is 1. The third kappa shape index (κ3) is 2.36. The van der Waals surface area contributed by atoms with Crippen LogP contribution in [0.2, 0.25) is 5.02 Å². The fourth-order valence-electron chi connectivity index (χ4n) is 1.30. The van der Waals surface area contributed by atoms with Crippen molar-refractivity contribution in [3.63, 3.8) is 0 Å². The van der Waals surface area contributed by atoms with Gasteiger partial charge in [0, 0.05) is 23.4 Å². The van der Waals surface area contributed by atoms with Crippen molar-refractivity contribution in [2.75, 3.05) is 0 Å². The lowest BCUT2D eigenvalue weighted by molar-refractivity contribution is -0.107. The molecule has 3 nitrogen and oxygen atoms in total. The van der Waals surface area contributed by atoms with E-state index in [1.54, 1.807) is 6.92 Å². The van der Waals surface area contributed by atoms with E-state index in [9.17, 15) is 14.7 Å². The normalized spacial score (nSPS) is 10.0. The molecule has 0 aliphatic heterocycles. The Labute approximate surface area is 92.7 Å². The first-order valence-electron chi connectivity index (χ1n) is 4.59. The molecule has 0 spiro atoms. The van der Waals surface area contributed by atoms with Gasteiger partial charge in [0.2, 0.25) is 0 Å². The van der Waals surface area contributed by atoms with Gasteiger partial charge in [-0.25, -0.2) is 0 Å². The Morgan fingerprint density at radius 3 is 2.73 bits per heavy atom. The topological polar surface area (TPSA) is 54.4 Å². The predicted octanol–water partition coefficient (Wildman–Crippen LogP) is 2.38. The minimum absolute atomic E-state index is 0.00943. The third-order valence-electron chi connectivity index (χ3n) is 2.13. The fourth-order valence-corrected chi connectivity index (χ4v) is 1.53. The average Bonchev–Trinajstić information content (AvgIpc) is 2.23. The molecule has 0 fully saturated rings. The zero-order valence-corrected chi connectivity index (χ0v) is 9.04. The molecular formula is C11H11ClO3. The van der Waals surface area contributed by atoms with Crippen molar-refractivity contribution in [3.8, 4) is 5.75 Å². The largest absolute Gasteiger partial charge is 0.507 e. The van der Waals surface area contributed by atoms with Crippen LogP contribution in [0.1, 0.15) is 29.3 Å². The van der Waals surface area contributed by atoms with Gasteiger partial charge < -0.3 is 9.90 Å². The first-order valence-corrected chi connectivity index (χ1v) is 4.96. The Kier molecular flexibility index (Phi) is 3.86. The van der Waals surface area contributed by atoms with Gasteiger partial charge in [0.05, 0.1) is 5.56 Å². The monoisotopic (exact) mass is 226 g/mol. The zero-order chi connectivity index (χ0) is 11.4. The molecule has 0 aromatic heterocycles. The third-order valence-corrected chi connectivity index (χ3v) is 2.49. The Hall–Kier alpha value is -1.35. The van der Waals surface area contributed by atoms with Crippen LogP contribution in [0, 0.1) is 0 Å². The van der Waals surface area contributed by atoms with E-state index < -0.39 is 0 Å². The molecule has 1 rings (SSSR count). The highest BCUT2D eigenvalue weighted by molar-refractivity contribution is 6.32. The minimum Gasteiger partial charge on any atom is -0.507 e. The van der Waals surface area contributed by atoms with Crippen LogP contribution in [0.15, 0.2) is 12.1 Å². The van der Waals surface area contributed by atoms with Crippen LogP contribution in [0.25, 0.3) is 0 Å². The number of Topliss-reactive ketones (excluding diaryl/α,β-unsaturated/α-hetero) is 1. The summed E-state index contributed by atoms with van der Waals surface area (Å²) in [5, 5.41) is 10.0. The van der Waals surface area contributed by atoms with E-state index in [0.29, 0.717) is 23.3 Å². The molecule has 80 valence electrons. The standard InChI is InChI=1S/C11H11ClO3/c1-2-10(14)8-3-4-9(12)7(5-6-13)11(8)15/h3-4,6,15H,2,5H2,1H3. The number of aldehydes is 1. The Morgan fingerprint density at radius 1 is 1.53 bits per heavy atom. The van der Waals surface area contributed by atoms with E-state index in [1.165, 1.54) is 12.1 Å². The van der Waals surface area contributed by atoms with Crippen molar-refractivity contribution in [1.29, 1.82) is 0 Å². The van der Waals surface area contributed by atoms with E-state index in [1.807, 2.05) is 0 Å². The van der Waals surface area contributed by atoms with E-state index >= 15 is 0 Å². The van der Waals surface area contributed by atoms with Crippen LogP contribution < -0.4 is 0 Å². The van der Waals surface area contributed by atoms with Crippen LogP contribution in [-0.4, -0.2) is 17.2 Å². The molecule has 0 unspecified atom stereocenters. The second kappa shape index (κ2) is 4.94. The number of hydrogen-bond acceptors (Lipinski definition) is 3. The number of carbonyl (C=O) groups is 2. The van der Waals surface area contributed by atoms with E-state index in [2.05, 4.69) is 0 Å². The lowest BCUT2D eigenvalue weighted by Crippen LogP contribution is -2.00. The van der Waals surface area contributed by atoms with E-state index in [4.69, 9.17) is 11.6 Å². The summed E-state index contributed by atoms with van der Waals surface area (Å²) < 4.78 is 0. The van der Waals surface area contributed by atoms with E-state index in [0.717, 1.165) is 0 Å². The number of hydrogen-bond donors (Lipinski definition) is 1. The Balaban J connectivity index is 3.27. The molecule has 15 heavy (non-hydrogen) atoms. The van der Waals surface area contributed by atoms with Crippen molar-refractivity contribution < 1.29 is 14.7 Å². The predicted molar refractivity (Wildman–Crippen MR) is 57.5 cm³/mol. The molecule has 1 aromatic rings. The maximum Gasteiger partial charge on any atom is 0.166 e. The van der Waals surface area contributed by atoms with Crippen molar-refractivity contribution in [3.05, 3.63) is 28.3 Å². The number of ketones is 1. The smallest absolute Gasteiger partial charge is 0.166 e. The van der Waals surface area contributed by atoms with Gasteiger partial charge >= 0.3 is 0 Å². The Bertz CT molecular complexity index is 399. The number of rotatable bonds is 4.